The molecule has 0 bridgehead atoms. The number of carbonyl (C=O) groups excluding carboxylic acids is 1. The number of amides is 1. The summed E-state index contributed by atoms with van der Waals surface area (Å²) in [6.45, 7) is 6.82. The second-order valence-corrected chi connectivity index (χ2v) is 6.65. The lowest BCUT2D eigenvalue weighted by molar-refractivity contribution is 0.0953. The minimum absolute atomic E-state index is 0.0843. The highest BCUT2D eigenvalue weighted by Gasteiger charge is 2.18. The third-order valence-corrected chi connectivity index (χ3v) is 3.20. The Labute approximate surface area is 123 Å². The van der Waals surface area contributed by atoms with Crippen LogP contribution in [0, 0.1) is 5.41 Å². The van der Waals surface area contributed by atoms with E-state index in [1.165, 1.54) is 0 Å². The van der Waals surface area contributed by atoms with E-state index in [1.54, 1.807) is 29.3 Å². The van der Waals surface area contributed by atoms with E-state index in [1.807, 2.05) is 0 Å². The number of carbonyl (C=O) groups is 1. The average molecular weight is 295 g/mol. The summed E-state index contributed by atoms with van der Waals surface area (Å²) in [5.74, 6) is -0.174. The predicted molar refractivity (Wildman–Crippen MR) is 79.0 cm³/mol. The highest BCUT2D eigenvalue weighted by molar-refractivity contribution is 6.21. The van der Waals surface area contributed by atoms with Gasteiger partial charge in [0.25, 0.3) is 5.91 Å². The van der Waals surface area contributed by atoms with Crippen molar-refractivity contribution in [2.75, 3.05) is 6.54 Å². The van der Waals surface area contributed by atoms with Crippen LogP contribution in [-0.4, -0.2) is 32.4 Å². The zero-order valence-electron chi connectivity index (χ0n) is 11.9. The van der Waals surface area contributed by atoms with Crippen LogP contribution in [0.3, 0.4) is 0 Å². The first-order chi connectivity index (χ1) is 9.37. The minimum atomic E-state index is -0.174. The zero-order chi connectivity index (χ0) is 14.8. The summed E-state index contributed by atoms with van der Waals surface area (Å²) in [4.78, 5) is 16.1. The SMILES string of the molecule is CC(C)(C)CC(Cl)CNC(=O)c1cnn2ccncc12. The number of fused-ring (bicyclic) bond motifs is 1. The lowest BCUT2D eigenvalue weighted by Crippen LogP contribution is -2.31. The molecule has 0 saturated carbocycles. The van der Waals surface area contributed by atoms with E-state index in [4.69, 9.17) is 11.6 Å². The molecular weight excluding hydrogens is 276 g/mol. The molecule has 0 aliphatic heterocycles. The Hall–Kier alpha value is -1.62. The molecule has 0 aromatic carbocycles. The first kappa shape index (κ1) is 14.8. The van der Waals surface area contributed by atoms with E-state index in [-0.39, 0.29) is 16.7 Å². The van der Waals surface area contributed by atoms with Gasteiger partial charge in [0.2, 0.25) is 0 Å². The van der Waals surface area contributed by atoms with Gasteiger partial charge in [-0.2, -0.15) is 5.10 Å². The molecule has 2 rings (SSSR count). The largest absolute Gasteiger partial charge is 0.350 e. The van der Waals surface area contributed by atoms with E-state index >= 15 is 0 Å². The van der Waals surface area contributed by atoms with Gasteiger partial charge in [-0.1, -0.05) is 20.8 Å². The monoisotopic (exact) mass is 294 g/mol. The van der Waals surface area contributed by atoms with Crippen LogP contribution in [0.5, 0.6) is 0 Å². The van der Waals surface area contributed by atoms with E-state index in [0.29, 0.717) is 17.6 Å². The van der Waals surface area contributed by atoms with Crippen LogP contribution in [-0.2, 0) is 0 Å². The fourth-order valence-electron chi connectivity index (χ4n) is 2.04. The second-order valence-electron chi connectivity index (χ2n) is 6.04. The van der Waals surface area contributed by atoms with Crippen molar-refractivity contribution in [1.29, 1.82) is 0 Å². The number of nitrogens with zero attached hydrogens (tertiary/aromatic N) is 3. The molecule has 0 aliphatic carbocycles. The Morgan fingerprint density at radius 2 is 2.20 bits per heavy atom. The molecule has 20 heavy (non-hydrogen) atoms. The molecule has 5 nitrogen and oxygen atoms in total. The van der Waals surface area contributed by atoms with Crippen molar-refractivity contribution in [3.63, 3.8) is 0 Å². The first-order valence-corrected chi connectivity index (χ1v) is 7.00. The molecule has 1 unspecified atom stereocenters. The first-order valence-electron chi connectivity index (χ1n) is 6.56. The predicted octanol–water partition coefficient (Wildman–Crippen LogP) is 2.50. The molecule has 0 saturated heterocycles. The van der Waals surface area contributed by atoms with Gasteiger partial charge in [-0.15, -0.1) is 11.6 Å². The van der Waals surface area contributed by atoms with Crippen LogP contribution in [0.15, 0.2) is 24.8 Å². The standard InChI is InChI=1S/C14H19ClN4O/c1-14(2,3)6-10(15)7-17-13(20)11-8-18-19-5-4-16-9-12(11)19/h4-5,8-10H,6-7H2,1-3H3,(H,17,20). The van der Waals surface area contributed by atoms with E-state index < -0.39 is 0 Å². The van der Waals surface area contributed by atoms with Crippen LogP contribution in [0.4, 0.5) is 0 Å². The van der Waals surface area contributed by atoms with Crippen LogP contribution in [0.25, 0.3) is 5.52 Å². The number of nitrogens with one attached hydrogen (secondary N) is 1. The molecule has 2 heterocycles. The summed E-state index contributed by atoms with van der Waals surface area (Å²) in [7, 11) is 0. The van der Waals surface area contributed by atoms with Crippen molar-refractivity contribution in [2.45, 2.75) is 32.6 Å². The Balaban J connectivity index is 1.99. The summed E-state index contributed by atoms with van der Waals surface area (Å²) in [5.41, 5.74) is 1.34. The van der Waals surface area contributed by atoms with Crippen molar-refractivity contribution in [2.24, 2.45) is 5.41 Å². The van der Waals surface area contributed by atoms with Gasteiger partial charge in [-0.05, 0) is 11.8 Å². The van der Waals surface area contributed by atoms with Gasteiger partial charge in [0.05, 0.1) is 28.9 Å². The van der Waals surface area contributed by atoms with Gasteiger partial charge in [-0.25, -0.2) is 4.52 Å². The molecular formula is C14H19ClN4O. The number of aromatic nitrogens is 3. The molecule has 1 N–H and O–H groups in total. The molecule has 108 valence electrons. The molecule has 2 aromatic rings. The summed E-state index contributed by atoms with van der Waals surface area (Å²) in [5, 5.41) is 6.87. The molecule has 6 heteroatoms. The highest BCUT2D eigenvalue weighted by atomic mass is 35.5. The van der Waals surface area contributed by atoms with Crippen LogP contribution < -0.4 is 5.32 Å². The van der Waals surface area contributed by atoms with Gasteiger partial charge < -0.3 is 5.32 Å². The van der Waals surface area contributed by atoms with Crippen molar-refractivity contribution in [3.05, 3.63) is 30.4 Å². The third-order valence-electron chi connectivity index (χ3n) is 2.89. The summed E-state index contributed by atoms with van der Waals surface area (Å²) < 4.78 is 1.62. The van der Waals surface area contributed by atoms with E-state index in [2.05, 4.69) is 36.2 Å². The molecule has 0 spiro atoms. The van der Waals surface area contributed by atoms with Gasteiger partial charge in [0, 0.05) is 18.9 Å². The molecule has 0 aliphatic rings. The number of hydrogen-bond acceptors (Lipinski definition) is 3. The smallest absolute Gasteiger partial charge is 0.255 e. The normalized spacial score (nSPS) is 13.4. The topological polar surface area (TPSA) is 59.3 Å². The van der Waals surface area contributed by atoms with Crippen LogP contribution >= 0.6 is 11.6 Å². The summed E-state index contributed by atoms with van der Waals surface area (Å²) in [6, 6.07) is 0. The molecule has 1 amide bonds. The van der Waals surface area contributed by atoms with Gasteiger partial charge in [0.15, 0.2) is 0 Å². The Kier molecular flexibility index (Phi) is 4.28. The average Bonchev–Trinajstić information content (AvgIpc) is 2.78. The Bertz CT molecular complexity index is 602. The lowest BCUT2D eigenvalue weighted by atomic mass is 9.90. The van der Waals surface area contributed by atoms with Crippen molar-refractivity contribution in [1.82, 2.24) is 19.9 Å². The lowest BCUT2D eigenvalue weighted by Gasteiger charge is -2.21. The highest BCUT2D eigenvalue weighted by Crippen LogP contribution is 2.23. The molecule has 0 radical (unpaired) electrons. The molecule has 2 aromatic heterocycles. The maximum atomic E-state index is 12.1. The quantitative estimate of drug-likeness (QED) is 0.882. The summed E-state index contributed by atoms with van der Waals surface area (Å²) >= 11 is 6.24. The number of halogens is 1. The maximum absolute atomic E-state index is 12.1. The number of rotatable bonds is 4. The summed E-state index contributed by atoms with van der Waals surface area (Å²) in [6.07, 6.45) is 7.33. The maximum Gasteiger partial charge on any atom is 0.255 e. The van der Waals surface area contributed by atoms with E-state index in [9.17, 15) is 4.79 Å². The van der Waals surface area contributed by atoms with E-state index in [0.717, 1.165) is 6.42 Å². The van der Waals surface area contributed by atoms with Gasteiger partial charge in [0.1, 0.15) is 0 Å². The van der Waals surface area contributed by atoms with Gasteiger partial charge in [-0.3, -0.25) is 9.78 Å². The number of alkyl halides is 1. The molecule has 1 atom stereocenters. The second kappa shape index (κ2) is 5.79. The third kappa shape index (κ3) is 3.70. The Morgan fingerprint density at radius 3 is 2.90 bits per heavy atom. The fourth-order valence-corrected chi connectivity index (χ4v) is 2.58. The molecule has 0 fully saturated rings. The zero-order valence-corrected chi connectivity index (χ0v) is 12.7. The van der Waals surface area contributed by atoms with Crippen molar-refractivity contribution < 1.29 is 4.79 Å². The van der Waals surface area contributed by atoms with Gasteiger partial charge >= 0.3 is 0 Å². The van der Waals surface area contributed by atoms with Crippen LogP contribution in [0.2, 0.25) is 0 Å². The van der Waals surface area contributed by atoms with Crippen LogP contribution in [0.1, 0.15) is 37.6 Å². The van der Waals surface area contributed by atoms with Crippen molar-refractivity contribution >= 4 is 23.0 Å². The Morgan fingerprint density at radius 1 is 1.45 bits per heavy atom. The number of hydrogen-bond donors (Lipinski definition) is 1. The van der Waals surface area contributed by atoms with Crippen molar-refractivity contribution in [3.8, 4) is 0 Å². The fraction of sp³-hybridized carbons (Fsp3) is 0.500. The minimum Gasteiger partial charge on any atom is -0.350 e.